The number of hydrogen-bond donors (Lipinski definition) is 2. The summed E-state index contributed by atoms with van der Waals surface area (Å²) in [7, 11) is 0. The first-order valence-electron chi connectivity index (χ1n) is 14.1. The number of likely N-dealkylation sites (tertiary alicyclic amines) is 1. The number of nitrogens with two attached hydrogens (primary N) is 1. The van der Waals surface area contributed by atoms with Crippen molar-refractivity contribution in [3.8, 4) is 22.5 Å². The number of amidine groups is 1. The minimum Gasteiger partial charge on any atom is -0.464 e. The molecule has 40 heavy (non-hydrogen) atoms. The van der Waals surface area contributed by atoms with Gasteiger partial charge in [0.2, 0.25) is 5.91 Å². The van der Waals surface area contributed by atoms with Crippen LogP contribution in [0, 0.1) is 11.8 Å². The predicted molar refractivity (Wildman–Crippen MR) is 160 cm³/mol. The van der Waals surface area contributed by atoms with Crippen LogP contribution >= 0.6 is 0 Å². The maximum atomic E-state index is 12.7. The second kappa shape index (κ2) is 10.7. The fourth-order valence-corrected chi connectivity index (χ4v) is 5.60. The molecule has 1 atom stereocenters. The number of rotatable bonds is 9. The fourth-order valence-electron chi connectivity index (χ4n) is 5.60. The van der Waals surface area contributed by atoms with Gasteiger partial charge in [-0.1, -0.05) is 36.9 Å². The molecule has 3 N–H and O–H groups in total. The van der Waals surface area contributed by atoms with E-state index >= 15 is 0 Å². The fraction of sp³-hybridized carbons (Fsp3) is 0.344. The van der Waals surface area contributed by atoms with E-state index in [2.05, 4.69) is 57.9 Å². The lowest BCUT2D eigenvalue weighted by Gasteiger charge is -2.19. The van der Waals surface area contributed by atoms with E-state index in [-0.39, 0.29) is 12.0 Å². The Morgan fingerprint density at radius 2 is 1.90 bits per heavy atom. The molecule has 0 spiro atoms. The smallest absolute Gasteiger partial charge is 0.225 e. The topological polar surface area (TPSA) is 102 Å². The highest BCUT2D eigenvalue weighted by Gasteiger charge is 2.37. The van der Waals surface area contributed by atoms with Gasteiger partial charge in [0, 0.05) is 42.5 Å². The second-order valence-electron chi connectivity index (χ2n) is 11.2. The molecule has 2 aliphatic rings. The Bertz CT molecular complexity index is 1570. The van der Waals surface area contributed by atoms with Crippen LogP contribution in [0.5, 0.6) is 0 Å². The van der Waals surface area contributed by atoms with Crippen molar-refractivity contribution in [3.05, 3.63) is 73.3 Å². The zero-order valence-electron chi connectivity index (χ0n) is 23.1. The number of anilines is 1. The summed E-state index contributed by atoms with van der Waals surface area (Å²) in [5.41, 5.74) is 11.2. The van der Waals surface area contributed by atoms with Gasteiger partial charge in [-0.15, -0.1) is 0 Å². The van der Waals surface area contributed by atoms with E-state index in [1.165, 1.54) is 0 Å². The third-order valence-corrected chi connectivity index (χ3v) is 7.74. The maximum Gasteiger partial charge on any atom is 0.225 e. The Labute approximate surface area is 234 Å². The number of carbonyl (C=O) groups excluding carboxylic acids is 1. The molecule has 0 unspecified atom stereocenters. The Balaban J connectivity index is 1.36. The molecule has 1 amide bonds. The van der Waals surface area contributed by atoms with Crippen molar-refractivity contribution < 1.29 is 9.21 Å². The van der Waals surface area contributed by atoms with E-state index in [1.807, 2.05) is 30.9 Å². The average molecular weight is 537 g/mol. The molecule has 1 aliphatic heterocycles. The average Bonchev–Trinajstić information content (AvgIpc) is 3.34. The summed E-state index contributed by atoms with van der Waals surface area (Å²) in [6.07, 6.45) is 6.38. The minimum atomic E-state index is 0.0360. The molecular formula is C32H36N6O2. The lowest BCUT2D eigenvalue weighted by Crippen LogP contribution is -2.30. The van der Waals surface area contributed by atoms with Crippen LogP contribution in [-0.4, -0.2) is 45.3 Å². The third-order valence-electron chi connectivity index (χ3n) is 7.74. The Kier molecular flexibility index (Phi) is 6.92. The van der Waals surface area contributed by atoms with Gasteiger partial charge in [-0.05, 0) is 74.6 Å². The number of nitrogens with zero attached hydrogens (tertiary/aromatic N) is 4. The number of hydrogen-bond acceptors (Lipinski definition) is 5. The van der Waals surface area contributed by atoms with Crippen LogP contribution in [0.15, 0.2) is 77.0 Å². The molecule has 2 aromatic heterocycles. The minimum absolute atomic E-state index is 0.0360. The molecule has 0 bridgehead atoms. The molecule has 6 rings (SSSR count). The molecule has 206 valence electrons. The van der Waals surface area contributed by atoms with Crippen LogP contribution < -0.4 is 11.1 Å². The highest BCUT2D eigenvalue weighted by Crippen LogP contribution is 2.35. The summed E-state index contributed by atoms with van der Waals surface area (Å²) >= 11 is 0. The number of aromatic nitrogens is 2. The van der Waals surface area contributed by atoms with Crippen molar-refractivity contribution in [2.75, 3.05) is 18.4 Å². The van der Waals surface area contributed by atoms with Gasteiger partial charge in [0.25, 0.3) is 0 Å². The first-order chi connectivity index (χ1) is 19.4. The van der Waals surface area contributed by atoms with Gasteiger partial charge in [0.1, 0.15) is 28.8 Å². The van der Waals surface area contributed by atoms with Crippen LogP contribution in [0.1, 0.15) is 38.8 Å². The summed E-state index contributed by atoms with van der Waals surface area (Å²) in [6, 6.07) is 16.7. The molecule has 4 aromatic rings. The number of fused-ring (bicyclic) bond motifs is 1. The summed E-state index contributed by atoms with van der Waals surface area (Å²) in [5, 5.41) is 4.37. The van der Waals surface area contributed by atoms with E-state index in [0.717, 1.165) is 71.7 Å². The van der Waals surface area contributed by atoms with E-state index in [1.54, 1.807) is 12.5 Å². The van der Waals surface area contributed by atoms with Gasteiger partial charge in [-0.25, -0.2) is 4.98 Å². The van der Waals surface area contributed by atoms with E-state index in [0.29, 0.717) is 29.9 Å². The molecule has 0 radical (unpaired) electrons. The lowest BCUT2D eigenvalue weighted by atomic mass is 10.0. The van der Waals surface area contributed by atoms with Crippen molar-refractivity contribution in [2.24, 2.45) is 22.6 Å². The summed E-state index contributed by atoms with van der Waals surface area (Å²) in [6.45, 7) is 10.2. The number of carbonyl (C=O) groups is 1. The molecule has 3 heterocycles. The Morgan fingerprint density at radius 1 is 1.15 bits per heavy atom. The molecule has 8 heteroatoms. The van der Waals surface area contributed by atoms with Crippen LogP contribution in [0.4, 0.5) is 5.82 Å². The van der Waals surface area contributed by atoms with E-state index < -0.39 is 0 Å². The summed E-state index contributed by atoms with van der Waals surface area (Å²) in [5.74, 6) is 2.85. The highest BCUT2D eigenvalue weighted by atomic mass is 16.3. The van der Waals surface area contributed by atoms with Crippen LogP contribution in [-0.2, 0) is 11.3 Å². The second-order valence-corrected chi connectivity index (χ2v) is 11.2. The Morgan fingerprint density at radius 3 is 2.62 bits per heavy atom. The monoisotopic (exact) mass is 536 g/mol. The largest absolute Gasteiger partial charge is 0.464 e. The van der Waals surface area contributed by atoms with Crippen LogP contribution in [0.2, 0.25) is 0 Å². The van der Waals surface area contributed by atoms with Crippen molar-refractivity contribution >= 4 is 28.5 Å². The molecule has 1 saturated carbocycles. The first-order valence-corrected chi connectivity index (χ1v) is 14.1. The quantitative estimate of drug-likeness (QED) is 0.205. The summed E-state index contributed by atoms with van der Waals surface area (Å²) < 4.78 is 7.68. The van der Waals surface area contributed by atoms with Gasteiger partial charge in [0.15, 0.2) is 0 Å². The number of benzene rings is 2. The van der Waals surface area contributed by atoms with Crippen molar-refractivity contribution in [1.82, 2.24) is 14.5 Å². The summed E-state index contributed by atoms with van der Waals surface area (Å²) in [4.78, 5) is 24.4. The van der Waals surface area contributed by atoms with Gasteiger partial charge in [-0.3, -0.25) is 9.79 Å². The first kappa shape index (κ1) is 25.9. The molecular weight excluding hydrogens is 500 g/mol. The van der Waals surface area contributed by atoms with Crippen LogP contribution in [0.3, 0.4) is 0 Å². The van der Waals surface area contributed by atoms with E-state index in [4.69, 9.17) is 15.1 Å². The van der Waals surface area contributed by atoms with Gasteiger partial charge >= 0.3 is 0 Å². The standard InChI is InChI=1S/C32H36N6O2/c1-4-34-31-28(29(33)35-20(2)3)36-30(38(31)19-21-13-15-37(18-21)32(39)24-9-10-24)23-7-5-22(6-8-23)25-11-12-27-26(17-25)14-16-40-27/h4-8,11-12,14,16-17,20-21,24,34H,1,9-10,13,15,18-19H2,2-3H3,(H2,33,35)/t21-/m1/s1. The normalized spacial score (nSPS) is 17.6. The predicted octanol–water partition coefficient (Wildman–Crippen LogP) is 5.89. The molecule has 8 nitrogen and oxygen atoms in total. The van der Waals surface area contributed by atoms with Crippen molar-refractivity contribution in [3.63, 3.8) is 0 Å². The van der Waals surface area contributed by atoms with Crippen molar-refractivity contribution in [2.45, 2.75) is 45.7 Å². The van der Waals surface area contributed by atoms with Crippen LogP contribution in [0.25, 0.3) is 33.5 Å². The lowest BCUT2D eigenvalue weighted by molar-refractivity contribution is -0.131. The highest BCUT2D eigenvalue weighted by molar-refractivity contribution is 6.01. The zero-order valence-corrected chi connectivity index (χ0v) is 23.1. The number of furan rings is 1. The molecule has 1 saturated heterocycles. The van der Waals surface area contributed by atoms with E-state index in [9.17, 15) is 4.79 Å². The van der Waals surface area contributed by atoms with Gasteiger partial charge < -0.3 is 24.9 Å². The molecule has 1 aliphatic carbocycles. The van der Waals surface area contributed by atoms with Gasteiger partial charge in [0.05, 0.1) is 6.26 Å². The maximum absolute atomic E-state index is 12.7. The SMILES string of the molecule is C=CNc1c(C(N)=NC(C)C)nc(-c2ccc(-c3ccc4occc4c3)cc2)n1C[C@@H]1CCN(C(=O)C2CC2)C1. The number of amides is 1. The zero-order chi connectivity index (χ0) is 27.8. The number of nitrogens with one attached hydrogen (secondary N) is 1. The molecule has 2 fully saturated rings. The molecule has 2 aromatic carbocycles. The Hall–Kier alpha value is -4.33. The number of aliphatic imine (C=N–C) groups is 1. The van der Waals surface area contributed by atoms with Gasteiger partial charge in [-0.2, -0.15) is 0 Å². The number of imidazole rings is 1. The van der Waals surface area contributed by atoms with Crippen molar-refractivity contribution in [1.29, 1.82) is 0 Å². The third kappa shape index (κ3) is 5.13.